The number of ether oxygens (including phenoxy) is 1. The van der Waals surface area contributed by atoms with Crippen LogP contribution in [0.15, 0.2) is 0 Å². The zero-order valence-corrected chi connectivity index (χ0v) is 8.84. The lowest BCUT2D eigenvalue weighted by molar-refractivity contribution is 0.0386. The van der Waals surface area contributed by atoms with Gasteiger partial charge in [0.15, 0.2) is 0 Å². The second kappa shape index (κ2) is 6.16. The smallest absolute Gasteiger partial charge is 0.0594 e. The molecule has 1 fully saturated rings. The Labute approximate surface area is 81.6 Å². The molecule has 3 nitrogen and oxygen atoms in total. The molecule has 0 radical (unpaired) electrons. The van der Waals surface area contributed by atoms with Gasteiger partial charge < -0.3 is 10.1 Å². The third-order valence-corrected chi connectivity index (χ3v) is 2.34. The van der Waals surface area contributed by atoms with Crippen molar-refractivity contribution in [2.45, 2.75) is 0 Å². The zero-order valence-electron chi connectivity index (χ0n) is 6.68. The molecule has 1 rings (SSSR count). The summed E-state index contributed by atoms with van der Waals surface area (Å²) >= 11 is 2.33. The molecule has 0 aromatic heterocycles. The summed E-state index contributed by atoms with van der Waals surface area (Å²) < 4.78 is 6.29. The summed E-state index contributed by atoms with van der Waals surface area (Å²) in [6, 6.07) is 0. The van der Waals surface area contributed by atoms with Crippen molar-refractivity contribution in [3.05, 3.63) is 0 Å². The first-order valence-corrected chi connectivity index (χ1v) is 5.53. The van der Waals surface area contributed by atoms with E-state index in [4.69, 9.17) is 4.74 Å². The van der Waals surface area contributed by atoms with E-state index in [0.717, 1.165) is 43.9 Å². The van der Waals surface area contributed by atoms with Crippen LogP contribution in [0.25, 0.3) is 0 Å². The molecule has 0 saturated carbocycles. The Hall–Kier alpha value is 0.610. The van der Waals surface area contributed by atoms with Crippen molar-refractivity contribution in [1.29, 1.82) is 0 Å². The molecule has 0 aliphatic carbocycles. The third kappa shape index (κ3) is 4.25. The maximum Gasteiger partial charge on any atom is 0.0594 e. The molecule has 1 aliphatic rings. The van der Waals surface area contributed by atoms with Crippen LogP contribution < -0.4 is 5.32 Å². The van der Waals surface area contributed by atoms with Gasteiger partial charge in [-0.05, 0) is 0 Å². The molecule has 1 saturated heterocycles. The maximum absolute atomic E-state index is 5.24. The van der Waals surface area contributed by atoms with Gasteiger partial charge in [-0.2, -0.15) is 0 Å². The molecule has 0 unspecified atom stereocenters. The second-order valence-corrected chi connectivity index (χ2v) is 3.35. The van der Waals surface area contributed by atoms with Crippen molar-refractivity contribution in [2.24, 2.45) is 0 Å². The third-order valence-electron chi connectivity index (χ3n) is 1.80. The van der Waals surface area contributed by atoms with E-state index in [0.29, 0.717) is 0 Å². The van der Waals surface area contributed by atoms with Crippen LogP contribution in [0.3, 0.4) is 0 Å². The van der Waals surface area contributed by atoms with Crippen LogP contribution in [-0.4, -0.2) is 48.8 Å². The summed E-state index contributed by atoms with van der Waals surface area (Å²) in [4.78, 5) is 2.43. The van der Waals surface area contributed by atoms with Crippen LogP contribution >= 0.6 is 22.6 Å². The lowest BCUT2D eigenvalue weighted by Gasteiger charge is -2.26. The monoisotopic (exact) mass is 270 g/mol. The first-order valence-electron chi connectivity index (χ1n) is 4.00. The van der Waals surface area contributed by atoms with Crippen LogP contribution in [0.4, 0.5) is 0 Å². The van der Waals surface area contributed by atoms with Gasteiger partial charge in [-0.3, -0.25) is 4.90 Å². The average Bonchev–Trinajstić information content (AvgIpc) is 2.07. The molecule has 0 aromatic rings. The number of nitrogens with one attached hydrogen (secondary N) is 1. The molecule has 1 aliphatic heterocycles. The quantitative estimate of drug-likeness (QED) is 0.344. The number of alkyl halides is 1. The number of hydrogen-bond donors (Lipinski definition) is 1. The van der Waals surface area contributed by atoms with Gasteiger partial charge >= 0.3 is 0 Å². The predicted octanol–water partition coefficient (Wildman–Crippen LogP) is 0.301. The van der Waals surface area contributed by atoms with Crippen LogP contribution in [0.5, 0.6) is 0 Å². The average molecular weight is 270 g/mol. The van der Waals surface area contributed by atoms with E-state index in [9.17, 15) is 0 Å². The SMILES string of the molecule is ICNCCN1CCOCC1. The summed E-state index contributed by atoms with van der Waals surface area (Å²) in [5.74, 6) is 0. The van der Waals surface area contributed by atoms with Crippen molar-refractivity contribution in [3.63, 3.8) is 0 Å². The Morgan fingerprint density at radius 3 is 2.73 bits per heavy atom. The minimum absolute atomic E-state index is 0.907. The fourth-order valence-corrected chi connectivity index (χ4v) is 1.51. The number of nitrogens with zero attached hydrogens (tertiary/aromatic N) is 1. The van der Waals surface area contributed by atoms with Crippen molar-refractivity contribution in [2.75, 3.05) is 43.9 Å². The van der Waals surface area contributed by atoms with E-state index in [-0.39, 0.29) is 0 Å². The van der Waals surface area contributed by atoms with Gasteiger partial charge in [-0.25, -0.2) is 0 Å². The largest absolute Gasteiger partial charge is 0.379 e. The highest BCUT2D eigenvalue weighted by Gasteiger charge is 2.08. The summed E-state index contributed by atoms with van der Waals surface area (Å²) in [6.07, 6.45) is 0. The standard InChI is InChI=1S/C7H15IN2O/c8-7-9-1-2-10-3-5-11-6-4-10/h9H,1-7H2. The Bertz CT molecular complexity index is 96.4. The number of morpholine rings is 1. The fourth-order valence-electron chi connectivity index (χ4n) is 1.13. The molecule has 66 valence electrons. The highest BCUT2D eigenvalue weighted by atomic mass is 127. The van der Waals surface area contributed by atoms with E-state index in [1.54, 1.807) is 0 Å². The van der Waals surface area contributed by atoms with Crippen LogP contribution in [-0.2, 0) is 4.74 Å². The number of hydrogen-bond acceptors (Lipinski definition) is 3. The topological polar surface area (TPSA) is 24.5 Å². The molecule has 0 bridgehead atoms. The van der Waals surface area contributed by atoms with Gasteiger partial charge in [0.05, 0.1) is 13.2 Å². The minimum atomic E-state index is 0.907. The van der Waals surface area contributed by atoms with Gasteiger partial charge in [-0.1, -0.05) is 22.6 Å². The Morgan fingerprint density at radius 2 is 2.09 bits per heavy atom. The summed E-state index contributed by atoms with van der Waals surface area (Å²) in [7, 11) is 0. The van der Waals surface area contributed by atoms with E-state index in [1.807, 2.05) is 0 Å². The van der Waals surface area contributed by atoms with Gasteiger partial charge in [0, 0.05) is 30.7 Å². The summed E-state index contributed by atoms with van der Waals surface area (Å²) in [6.45, 7) is 6.27. The molecule has 0 aromatic carbocycles. The second-order valence-electron chi connectivity index (χ2n) is 2.59. The number of rotatable bonds is 4. The predicted molar refractivity (Wildman–Crippen MR) is 54.1 cm³/mol. The first-order chi connectivity index (χ1) is 5.43. The van der Waals surface area contributed by atoms with Crippen molar-refractivity contribution < 1.29 is 4.74 Å². The molecule has 0 atom stereocenters. The Kier molecular flexibility index (Phi) is 5.43. The first kappa shape index (κ1) is 9.70. The Morgan fingerprint density at radius 1 is 1.36 bits per heavy atom. The van der Waals surface area contributed by atoms with E-state index < -0.39 is 0 Å². The Balaban J connectivity index is 1.96. The van der Waals surface area contributed by atoms with Crippen molar-refractivity contribution >= 4 is 22.6 Å². The highest BCUT2D eigenvalue weighted by Crippen LogP contribution is 1.94. The summed E-state index contributed by atoms with van der Waals surface area (Å²) in [5.41, 5.74) is 0. The van der Waals surface area contributed by atoms with Crippen LogP contribution in [0.1, 0.15) is 0 Å². The maximum atomic E-state index is 5.24. The highest BCUT2D eigenvalue weighted by molar-refractivity contribution is 14.1. The van der Waals surface area contributed by atoms with Gasteiger partial charge in [0.1, 0.15) is 0 Å². The van der Waals surface area contributed by atoms with Gasteiger partial charge in [0.2, 0.25) is 0 Å². The molecular formula is C7H15IN2O. The molecule has 0 spiro atoms. The van der Waals surface area contributed by atoms with Crippen LogP contribution in [0, 0.1) is 0 Å². The number of halogens is 1. The molecule has 1 heterocycles. The summed E-state index contributed by atoms with van der Waals surface area (Å²) in [5, 5.41) is 3.30. The molecular weight excluding hydrogens is 255 g/mol. The minimum Gasteiger partial charge on any atom is -0.379 e. The lowest BCUT2D eigenvalue weighted by atomic mass is 10.4. The van der Waals surface area contributed by atoms with Crippen molar-refractivity contribution in [3.8, 4) is 0 Å². The normalized spacial score (nSPS) is 20.5. The molecule has 1 N–H and O–H groups in total. The van der Waals surface area contributed by atoms with Gasteiger partial charge in [-0.15, -0.1) is 0 Å². The van der Waals surface area contributed by atoms with E-state index in [1.165, 1.54) is 0 Å². The lowest BCUT2D eigenvalue weighted by Crippen LogP contribution is -2.40. The van der Waals surface area contributed by atoms with E-state index in [2.05, 4.69) is 32.8 Å². The van der Waals surface area contributed by atoms with Gasteiger partial charge in [0.25, 0.3) is 0 Å². The molecule has 11 heavy (non-hydrogen) atoms. The van der Waals surface area contributed by atoms with Crippen molar-refractivity contribution in [1.82, 2.24) is 10.2 Å². The fraction of sp³-hybridized carbons (Fsp3) is 1.00. The molecule has 4 heteroatoms. The van der Waals surface area contributed by atoms with Crippen LogP contribution in [0.2, 0.25) is 0 Å². The zero-order chi connectivity index (χ0) is 7.94. The molecule has 0 amide bonds. The van der Waals surface area contributed by atoms with E-state index >= 15 is 0 Å².